The third kappa shape index (κ3) is 5.14. The van der Waals surface area contributed by atoms with Crippen LogP contribution in [0.4, 0.5) is 0 Å². The highest BCUT2D eigenvalue weighted by Crippen LogP contribution is 2.33. The topological polar surface area (TPSA) is 83.7 Å². The van der Waals surface area contributed by atoms with Crippen molar-refractivity contribution in [2.45, 2.75) is 44.8 Å². The Morgan fingerprint density at radius 1 is 1.11 bits per heavy atom. The van der Waals surface area contributed by atoms with Crippen LogP contribution in [0.25, 0.3) is 10.8 Å². The van der Waals surface area contributed by atoms with E-state index in [9.17, 15) is 14.4 Å². The molecule has 7 heteroatoms. The molecule has 4 rings (SSSR count). The molecule has 0 bridgehead atoms. The SMILES string of the molecule is C/C=C/C(=O)N1C(C)CCN([C@H](Cc2cccc3ccccc23)C(N)=O)C(=O)C1c1cccc(Cl)c1. The van der Waals surface area contributed by atoms with E-state index in [1.165, 1.54) is 6.08 Å². The zero-order chi connectivity index (χ0) is 25.8. The number of hydrogen-bond acceptors (Lipinski definition) is 3. The van der Waals surface area contributed by atoms with E-state index < -0.39 is 18.0 Å². The molecule has 3 aromatic rings. The number of carbonyl (C=O) groups excluding carboxylic acids is 3. The van der Waals surface area contributed by atoms with Gasteiger partial charge in [-0.1, -0.05) is 72.3 Å². The molecule has 1 heterocycles. The average molecular weight is 504 g/mol. The van der Waals surface area contributed by atoms with Crippen molar-refractivity contribution in [1.82, 2.24) is 9.80 Å². The molecule has 1 aliphatic heterocycles. The minimum Gasteiger partial charge on any atom is -0.368 e. The first-order chi connectivity index (χ1) is 17.3. The molecular formula is C29H30ClN3O3. The molecule has 3 aromatic carbocycles. The van der Waals surface area contributed by atoms with Gasteiger partial charge < -0.3 is 15.5 Å². The number of nitrogens with two attached hydrogens (primary N) is 1. The van der Waals surface area contributed by atoms with Crippen LogP contribution in [0.15, 0.2) is 78.9 Å². The molecule has 0 aliphatic carbocycles. The predicted molar refractivity (Wildman–Crippen MR) is 142 cm³/mol. The van der Waals surface area contributed by atoms with Crippen LogP contribution in [0.5, 0.6) is 0 Å². The molecule has 0 radical (unpaired) electrons. The number of carbonyl (C=O) groups is 3. The van der Waals surface area contributed by atoms with Crippen LogP contribution in [0.3, 0.4) is 0 Å². The number of hydrogen-bond donors (Lipinski definition) is 1. The van der Waals surface area contributed by atoms with E-state index in [-0.39, 0.29) is 24.3 Å². The van der Waals surface area contributed by atoms with Crippen molar-refractivity contribution < 1.29 is 14.4 Å². The van der Waals surface area contributed by atoms with Crippen LogP contribution in [-0.4, -0.2) is 46.1 Å². The molecule has 3 amide bonds. The lowest BCUT2D eigenvalue weighted by molar-refractivity contribution is -0.146. The van der Waals surface area contributed by atoms with Gasteiger partial charge in [0.15, 0.2) is 0 Å². The van der Waals surface area contributed by atoms with Gasteiger partial charge >= 0.3 is 0 Å². The van der Waals surface area contributed by atoms with Crippen molar-refractivity contribution in [1.29, 1.82) is 0 Å². The number of allylic oxidation sites excluding steroid dienone is 1. The normalized spacial score (nSPS) is 19.5. The molecule has 2 unspecified atom stereocenters. The number of nitrogens with zero attached hydrogens (tertiary/aromatic N) is 2. The molecular weight excluding hydrogens is 474 g/mol. The summed E-state index contributed by atoms with van der Waals surface area (Å²) in [6, 6.07) is 18.7. The summed E-state index contributed by atoms with van der Waals surface area (Å²) < 4.78 is 0. The Balaban J connectivity index is 1.78. The summed E-state index contributed by atoms with van der Waals surface area (Å²) in [6.07, 6.45) is 3.90. The minimum absolute atomic E-state index is 0.252. The molecule has 1 aliphatic rings. The summed E-state index contributed by atoms with van der Waals surface area (Å²) in [7, 11) is 0. The van der Waals surface area contributed by atoms with E-state index in [0.29, 0.717) is 23.6 Å². The van der Waals surface area contributed by atoms with E-state index in [1.807, 2.05) is 49.4 Å². The molecule has 0 saturated carbocycles. The maximum atomic E-state index is 14.2. The van der Waals surface area contributed by atoms with Gasteiger partial charge in [0.05, 0.1) is 0 Å². The molecule has 1 fully saturated rings. The van der Waals surface area contributed by atoms with Gasteiger partial charge in [0.1, 0.15) is 12.1 Å². The fraction of sp³-hybridized carbons (Fsp3) is 0.276. The van der Waals surface area contributed by atoms with Crippen molar-refractivity contribution >= 4 is 40.1 Å². The second-order valence-electron chi connectivity index (χ2n) is 9.13. The Hall–Kier alpha value is -3.64. The van der Waals surface area contributed by atoms with Crippen LogP contribution in [0.1, 0.15) is 37.4 Å². The molecule has 6 nitrogen and oxygen atoms in total. The second-order valence-corrected chi connectivity index (χ2v) is 9.57. The zero-order valence-electron chi connectivity index (χ0n) is 20.4. The highest BCUT2D eigenvalue weighted by atomic mass is 35.5. The standard InChI is InChI=1S/C29H30ClN3O3/c1-3-8-26(34)33-19(2)15-16-32(29(36)27(33)22-12-7-13-23(30)17-22)25(28(31)35)18-21-11-6-10-20-9-4-5-14-24(20)21/h3-14,17,19,25,27H,15-16,18H2,1-2H3,(H2,31,35)/b8-3+/t19?,25-,27?/m1/s1. The molecule has 2 N–H and O–H groups in total. The Morgan fingerprint density at radius 2 is 1.83 bits per heavy atom. The smallest absolute Gasteiger partial charge is 0.250 e. The van der Waals surface area contributed by atoms with Crippen molar-refractivity contribution in [2.75, 3.05) is 6.54 Å². The Morgan fingerprint density at radius 3 is 2.56 bits per heavy atom. The fourth-order valence-electron chi connectivity index (χ4n) is 5.01. The van der Waals surface area contributed by atoms with E-state index in [1.54, 1.807) is 47.1 Å². The lowest BCUT2D eigenvalue weighted by atomic mass is 9.96. The molecule has 0 aromatic heterocycles. The van der Waals surface area contributed by atoms with Crippen LogP contribution < -0.4 is 5.73 Å². The second kappa shape index (κ2) is 11.0. The molecule has 0 spiro atoms. The average Bonchev–Trinajstić information content (AvgIpc) is 2.98. The third-order valence-corrected chi connectivity index (χ3v) is 7.02. The number of primary amides is 1. The summed E-state index contributed by atoms with van der Waals surface area (Å²) >= 11 is 6.27. The monoisotopic (exact) mass is 503 g/mol. The molecule has 1 saturated heterocycles. The Bertz CT molecular complexity index is 1320. The van der Waals surface area contributed by atoms with Gasteiger partial charge in [0, 0.05) is 24.0 Å². The minimum atomic E-state index is -0.931. The van der Waals surface area contributed by atoms with E-state index in [0.717, 1.165) is 16.3 Å². The molecule has 3 atom stereocenters. The van der Waals surface area contributed by atoms with Gasteiger partial charge in [0.2, 0.25) is 11.8 Å². The van der Waals surface area contributed by atoms with E-state index in [2.05, 4.69) is 0 Å². The van der Waals surface area contributed by atoms with Crippen LogP contribution >= 0.6 is 11.6 Å². The summed E-state index contributed by atoms with van der Waals surface area (Å²) in [4.78, 5) is 43.3. The molecule has 36 heavy (non-hydrogen) atoms. The fourth-order valence-corrected chi connectivity index (χ4v) is 5.21. The summed E-state index contributed by atoms with van der Waals surface area (Å²) in [6.45, 7) is 3.98. The quantitative estimate of drug-likeness (QED) is 0.497. The first-order valence-electron chi connectivity index (χ1n) is 12.1. The van der Waals surface area contributed by atoms with E-state index >= 15 is 0 Å². The summed E-state index contributed by atoms with van der Waals surface area (Å²) in [5, 5.41) is 2.52. The highest BCUT2D eigenvalue weighted by Gasteiger charge is 2.42. The third-order valence-electron chi connectivity index (χ3n) is 6.78. The van der Waals surface area contributed by atoms with Crippen molar-refractivity contribution in [3.05, 3.63) is 95.0 Å². The number of amides is 3. The maximum absolute atomic E-state index is 14.2. The van der Waals surface area contributed by atoms with Crippen molar-refractivity contribution in [2.24, 2.45) is 5.73 Å². The lowest BCUT2D eigenvalue weighted by Gasteiger charge is -2.35. The van der Waals surface area contributed by atoms with Crippen LogP contribution in [-0.2, 0) is 20.8 Å². The van der Waals surface area contributed by atoms with Crippen LogP contribution in [0, 0.1) is 0 Å². The van der Waals surface area contributed by atoms with Crippen molar-refractivity contribution in [3.63, 3.8) is 0 Å². The van der Waals surface area contributed by atoms with Gasteiger partial charge in [-0.3, -0.25) is 14.4 Å². The predicted octanol–water partition coefficient (Wildman–Crippen LogP) is 4.66. The maximum Gasteiger partial charge on any atom is 0.250 e. The van der Waals surface area contributed by atoms with Crippen LogP contribution in [0.2, 0.25) is 5.02 Å². The van der Waals surface area contributed by atoms with Crippen molar-refractivity contribution in [3.8, 4) is 0 Å². The van der Waals surface area contributed by atoms with Gasteiger partial charge in [-0.05, 0) is 60.4 Å². The van der Waals surface area contributed by atoms with Gasteiger partial charge in [-0.2, -0.15) is 0 Å². The largest absolute Gasteiger partial charge is 0.368 e. The molecule has 186 valence electrons. The highest BCUT2D eigenvalue weighted by molar-refractivity contribution is 6.30. The first-order valence-corrected chi connectivity index (χ1v) is 12.5. The Labute approximate surface area is 216 Å². The van der Waals surface area contributed by atoms with E-state index in [4.69, 9.17) is 17.3 Å². The van der Waals surface area contributed by atoms with Gasteiger partial charge in [-0.15, -0.1) is 0 Å². The first kappa shape index (κ1) is 25.5. The number of fused-ring (bicyclic) bond motifs is 1. The number of benzene rings is 3. The zero-order valence-corrected chi connectivity index (χ0v) is 21.2. The Kier molecular flexibility index (Phi) is 7.75. The lowest BCUT2D eigenvalue weighted by Crippen LogP contribution is -2.52. The summed E-state index contributed by atoms with van der Waals surface area (Å²) in [5.74, 6) is -1.19. The summed E-state index contributed by atoms with van der Waals surface area (Å²) in [5.41, 5.74) is 7.44. The number of halogens is 1. The van der Waals surface area contributed by atoms with Gasteiger partial charge in [0.25, 0.3) is 5.91 Å². The van der Waals surface area contributed by atoms with Gasteiger partial charge in [-0.25, -0.2) is 0 Å². The number of rotatable bonds is 6.